The average molecular weight is 150 g/mol. The van der Waals surface area contributed by atoms with Gasteiger partial charge in [0.05, 0.1) is 6.67 Å². The summed E-state index contributed by atoms with van der Waals surface area (Å²) in [6, 6.07) is 0. The lowest BCUT2D eigenvalue weighted by Gasteiger charge is -2.09. The molecule has 0 spiro atoms. The Morgan fingerprint density at radius 1 is 1.20 bits per heavy atom. The number of aliphatic hydroxyl groups is 2. The summed E-state index contributed by atoms with van der Waals surface area (Å²) in [6.45, 7) is -0.194. The minimum atomic E-state index is -0.331. The second-order valence-corrected chi connectivity index (χ2v) is 2.39. The van der Waals surface area contributed by atoms with Crippen molar-refractivity contribution in [3.8, 4) is 0 Å². The Hall–Kier alpha value is -0.150. The molecule has 0 aromatic rings. The highest BCUT2D eigenvalue weighted by atomic mass is 19.1. The molecule has 1 atom stereocenters. The Bertz CT molecular complexity index is 68.6. The number of alkyl halides is 1. The van der Waals surface area contributed by atoms with Crippen molar-refractivity contribution in [1.82, 2.24) is 0 Å². The molecule has 0 aliphatic carbocycles. The molecule has 0 saturated carbocycles. The van der Waals surface area contributed by atoms with Gasteiger partial charge in [-0.2, -0.15) is 0 Å². The van der Waals surface area contributed by atoms with Crippen molar-refractivity contribution < 1.29 is 14.6 Å². The zero-order valence-electron chi connectivity index (χ0n) is 6.09. The van der Waals surface area contributed by atoms with Gasteiger partial charge >= 0.3 is 0 Å². The quantitative estimate of drug-likeness (QED) is 0.586. The van der Waals surface area contributed by atoms with Crippen LogP contribution in [-0.2, 0) is 0 Å². The van der Waals surface area contributed by atoms with Crippen molar-refractivity contribution in [2.45, 2.75) is 19.3 Å². The van der Waals surface area contributed by atoms with Crippen LogP contribution < -0.4 is 0 Å². The monoisotopic (exact) mass is 150 g/mol. The molecular formula is C7H15FO2. The van der Waals surface area contributed by atoms with E-state index in [0.29, 0.717) is 19.3 Å². The molecule has 0 radical (unpaired) electrons. The van der Waals surface area contributed by atoms with Crippen LogP contribution in [0.25, 0.3) is 0 Å². The summed E-state index contributed by atoms with van der Waals surface area (Å²) in [4.78, 5) is 0. The Morgan fingerprint density at radius 2 is 1.90 bits per heavy atom. The number of hydrogen-bond acceptors (Lipinski definition) is 2. The van der Waals surface area contributed by atoms with Gasteiger partial charge in [0.1, 0.15) is 0 Å². The minimum absolute atomic E-state index is 0.0561. The summed E-state index contributed by atoms with van der Waals surface area (Å²) in [5.41, 5.74) is 0. The highest BCUT2D eigenvalue weighted by Gasteiger charge is 2.05. The zero-order chi connectivity index (χ0) is 7.82. The molecule has 0 saturated heterocycles. The Morgan fingerprint density at radius 3 is 2.30 bits per heavy atom. The molecule has 0 aromatic heterocycles. The third kappa shape index (κ3) is 4.70. The van der Waals surface area contributed by atoms with E-state index in [1.54, 1.807) is 0 Å². The number of hydrogen-bond donors (Lipinski definition) is 2. The van der Waals surface area contributed by atoms with E-state index in [1.165, 1.54) is 0 Å². The Kier molecular flexibility index (Phi) is 6.86. The second kappa shape index (κ2) is 6.96. The molecule has 0 bridgehead atoms. The van der Waals surface area contributed by atoms with E-state index in [2.05, 4.69) is 0 Å². The summed E-state index contributed by atoms with van der Waals surface area (Å²) in [5, 5.41) is 17.1. The molecular weight excluding hydrogens is 135 g/mol. The van der Waals surface area contributed by atoms with E-state index in [1.807, 2.05) is 0 Å². The number of halogens is 1. The van der Waals surface area contributed by atoms with Crippen molar-refractivity contribution in [1.29, 1.82) is 0 Å². The molecule has 2 nitrogen and oxygen atoms in total. The van der Waals surface area contributed by atoms with E-state index in [-0.39, 0.29) is 25.8 Å². The van der Waals surface area contributed by atoms with Crippen LogP contribution in [0.15, 0.2) is 0 Å². The van der Waals surface area contributed by atoms with Gasteiger partial charge in [0.2, 0.25) is 0 Å². The largest absolute Gasteiger partial charge is 0.396 e. The molecule has 3 heteroatoms. The van der Waals surface area contributed by atoms with Crippen LogP contribution in [0.5, 0.6) is 0 Å². The molecule has 0 aliphatic rings. The molecule has 0 amide bonds. The maximum absolute atomic E-state index is 11.6. The minimum Gasteiger partial charge on any atom is -0.396 e. The lowest BCUT2D eigenvalue weighted by Crippen LogP contribution is -2.08. The summed E-state index contributed by atoms with van der Waals surface area (Å²) in [5.74, 6) is 0.0840. The zero-order valence-corrected chi connectivity index (χ0v) is 6.09. The highest BCUT2D eigenvalue weighted by molar-refractivity contribution is 4.56. The van der Waals surface area contributed by atoms with Crippen LogP contribution in [0.1, 0.15) is 19.3 Å². The summed E-state index contributed by atoms with van der Waals surface area (Å²) < 4.78 is 11.6. The molecule has 62 valence electrons. The standard InChI is InChI=1S/C7H15FO2/c8-4-1-2-7(6-10)3-5-9/h7,9-10H,1-6H2. The lowest BCUT2D eigenvalue weighted by molar-refractivity contribution is 0.173. The van der Waals surface area contributed by atoms with Crippen LogP contribution in [0.4, 0.5) is 4.39 Å². The van der Waals surface area contributed by atoms with Crippen LogP contribution >= 0.6 is 0 Å². The van der Waals surface area contributed by atoms with Crippen molar-refractivity contribution in [2.24, 2.45) is 5.92 Å². The SMILES string of the molecule is OCCC(CO)CCCF. The van der Waals surface area contributed by atoms with Crippen LogP contribution in [0.2, 0.25) is 0 Å². The summed E-state index contributed by atoms with van der Waals surface area (Å²) >= 11 is 0. The van der Waals surface area contributed by atoms with Gasteiger partial charge < -0.3 is 10.2 Å². The van der Waals surface area contributed by atoms with Crippen LogP contribution in [-0.4, -0.2) is 30.1 Å². The van der Waals surface area contributed by atoms with Gasteiger partial charge in [-0.05, 0) is 25.2 Å². The van der Waals surface area contributed by atoms with E-state index < -0.39 is 0 Å². The van der Waals surface area contributed by atoms with E-state index in [0.717, 1.165) is 0 Å². The molecule has 0 aromatic carbocycles. The Labute approximate surface area is 60.7 Å². The molecule has 1 unspecified atom stereocenters. The first-order chi connectivity index (χ1) is 4.85. The highest BCUT2D eigenvalue weighted by Crippen LogP contribution is 2.09. The average Bonchev–Trinajstić information content (AvgIpc) is 1.98. The van der Waals surface area contributed by atoms with Gasteiger partial charge in [-0.25, -0.2) is 0 Å². The Balaban J connectivity index is 3.21. The molecule has 2 N–H and O–H groups in total. The molecule has 0 rings (SSSR count). The van der Waals surface area contributed by atoms with Gasteiger partial charge in [-0.3, -0.25) is 4.39 Å². The molecule has 0 aliphatic heterocycles. The number of rotatable bonds is 6. The predicted molar refractivity (Wildman–Crippen MR) is 37.5 cm³/mol. The van der Waals surface area contributed by atoms with E-state index in [4.69, 9.17) is 10.2 Å². The first-order valence-electron chi connectivity index (χ1n) is 3.62. The van der Waals surface area contributed by atoms with Gasteiger partial charge in [-0.15, -0.1) is 0 Å². The van der Waals surface area contributed by atoms with Crippen molar-refractivity contribution in [3.63, 3.8) is 0 Å². The maximum Gasteiger partial charge on any atom is 0.0894 e. The summed E-state index contributed by atoms with van der Waals surface area (Å²) in [7, 11) is 0. The van der Waals surface area contributed by atoms with E-state index >= 15 is 0 Å². The van der Waals surface area contributed by atoms with Crippen molar-refractivity contribution in [2.75, 3.05) is 19.9 Å². The second-order valence-electron chi connectivity index (χ2n) is 2.39. The number of aliphatic hydroxyl groups excluding tert-OH is 2. The van der Waals surface area contributed by atoms with Gasteiger partial charge in [-0.1, -0.05) is 0 Å². The van der Waals surface area contributed by atoms with Gasteiger partial charge in [0.25, 0.3) is 0 Å². The summed E-state index contributed by atoms with van der Waals surface area (Å²) in [6.07, 6.45) is 1.75. The normalized spacial score (nSPS) is 13.5. The smallest absolute Gasteiger partial charge is 0.0894 e. The van der Waals surface area contributed by atoms with Gasteiger partial charge in [0, 0.05) is 13.2 Å². The lowest BCUT2D eigenvalue weighted by atomic mass is 10.0. The fraction of sp³-hybridized carbons (Fsp3) is 1.00. The van der Waals surface area contributed by atoms with Crippen molar-refractivity contribution >= 4 is 0 Å². The third-order valence-electron chi connectivity index (χ3n) is 1.54. The third-order valence-corrected chi connectivity index (χ3v) is 1.54. The van der Waals surface area contributed by atoms with Gasteiger partial charge in [0.15, 0.2) is 0 Å². The van der Waals surface area contributed by atoms with Crippen LogP contribution in [0, 0.1) is 5.92 Å². The fourth-order valence-electron chi connectivity index (χ4n) is 0.875. The van der Waals surface area contributed by atoms with Crippen LogP contribution in [0.3, 0.4) is 0 Å². The maximum atomic E-state index is 11.6. The molecule has 10 heavy (non-hydrogen) atoms. The first kappa shape index (κ1) is 9.85. The fourth-order valence-corrected chi connectivity index (χ4v) is 0.875. The topological polar surface area (TPSA) is 40.5 Å². The van der Waals surface area contributed by atoms with E-state index in [9.17, 15) is 4.39 Å². The van der Waals surface area contributed by atoms with Crippen molar-refractivity contribution in [3.05, 3.63) is 0 Å². The predicted octanol–water partition coefficient (Wildman–Crippen LogP) is 0.727. The first-order valence-corrected chi connectivity index (χ1v) is 3.62. The molecule has 0 fully saturated rings. The molecule has 0 heterocycles.